The molecule has 206 valence electrons. The standard InChI is InChI=1S/C38H33N3S/c1-5-15-28-31(7-3)42-35-29-21-14-20-27-30(22-24(6-2)32(34(27)29)23(4)33(28)35)38-40-36(25-16-10-8-11-17-25)39-37(41-38)26-18-12-9-13-19-26/h5,8,10-12,14-22H,4,6-7,9,13H2,1-3H3/b15-5-. The van der Waals surface area contributed by atoms with Crippen molar-refractivity contribution >= 4 is 61.2 Å². The van der Waals surface area contributed by atoms with Gasteiger partial charge in [-0.15, -0.1) is 11.3 Å². The lowest BCUT2D eigenvalue weighted by Crippen LogP contribution is -2.08. The van der Waals surface area contributed by atoms with Crippen molar-refractivity contribution in [2.45, 2.75) is 46.5 Å². The summed E-state index contributed by atoms with van der Waals surface area (Å²) >= 11 is 1.91. The van der Waals surface area contributed by atoms with Gasteiger partial charge in [0.1, 0.15) is 0 Å². The topological polar surface area (TPSA) is 38.7 Å². The molecule has 1 aliphatic carbocycles. The van der Waals surface area contributed by atoms with Gasteiger partial charge >= 0.3 is 0 Å². The largest absolute Gasteiger partial charge is 0.208 e. The molecular formula is C38H33N3S. The predicted molar refractivity (Wildman–Crippen MR) is 182 cm³/mol. The van der Waals surface area contributed by atoms with Gasteiger partial charge in [0.15, 0.2) is 17.5 Å². The summed E-state index contributed by atoms with van der Waals surface area (Å²) in [6, 6.07) is 19.2. The number of thiophene rings is 1. The molecule has 1 aliphatic rings. The molecule has 0 aliphatic heterocycles. The Morgan fingerprint density at radius 3 is 2.36 bits per heavy atom. The highest BCUT2D eigenvalue weighted by Crippen LogP contribution is 2.42. The van der Waals surface area contributed by atoms with E-state index in [9.17, 15) is 0 Å². The quantitative estimate of drug-likeness (QED) is 0.202. The number of nitrogens with zero attached hydrogens (tertiary/aromatic N) is 3. The van der Waals surface area contributed by atoms with Crippen LogP contribution in [0.4, 0.5) is 0 Å². The Hall–Kier alpha value is -4.41. The van der Waals surface area contributed by atoms with Gasteiger partial charge in [-0.05, 0) is 71.2 Å². The molecule has 2 heterocycles. The van der Waals surface area contributed by atoms with E-state index in [1.54, 1.807) is 0 Å². The highest BCUT2D eigenvalue weighted by Gasteiger charge is 2.22. The number of allylic oxidation sites excluding steroid dienone is 5. The monoisotopic (exact) mass is 563 g/mol. The van der Waals surface area contributed by atoms with E-state index in [1.165, 1.54) is 42.2 Å². The zero-order valence-electron chi connectivity index (χ0n) is 24.4. The lowest BCUT2D eigenvalue weighted by molar-refractivity contribution is 1.01. The van der Waals surface area contributed by atoms with Gasteiger partial charge in [0, 0.05) is 37.0 Å². The van der Waals surface area contributed by atoms with Crippen LogP contribution in [0.2, 0.25) is 0 Å². The van der Waals surface area contributed by atoms with E-state index in [4.69, 9.17) is 21.5 Å². The fourth-order valence-corrected chi connectivity index (χ4v) is 7.65. The van der Waals surface area contributed by atoms with E-state index in [-0.39, 0.29) is 0 Å². The summed E-state index contributed by atoms with van der Waals surface area (Å²) in [6.45, 7) is 11.3. The molecule has 42 heavy (non-hydrogen) atoms. The average molecular weight is 564 g/mol. The van der Waals surface area contributed by atoms with E-state index in [1.807, 2.05) is 29.5 Å². The summed E-state index contributed by atoms with van der Waals surface area (Å²) in [7, 11) is 0. The summed E-state index contributed by atoms with van der Waals surface area (Å²) in [6.07, 6.45) is 14.9. The maximum Gasteiger partial charge on any atom is 0.164 e. The van der Waals surface area contributed by atoms with Crippen molar-refractivity contribution in [3.8, 4) is 22.8 Å². The van der Waals surface area contributed by atoms with E-state index in [2.05, 4.69) is 87.5 Å². The first-order chi connectivity index (χ1) is 20.6. The molecule has 0 bridgehead atoms. The van der Waals surface area contributed by atoms with Gasteiger partial charge < -0.3 is 0 Å². The normalized spacial score (nSPS) is 13.6. The number of fused-ring (bicyclic) bond motifs is 2. The van der Waals surface area contributed by atoms with Crippen LogP contribution in [0.5, 0.6) is 0 Å². The van der Waals surface area contributed by atoms with Crippen molar-refractivity contribution < 1.29 is 0 Å². The van der Waals surface area contributed by atoms with E-state index >= 15 is 0 Å². The van der Waals surface area contributed by atoms with Crippen LogP contribution in [0.15, 0.2) is 78.9 Å². The Morgan fingerprint density at radius 2 is 1.62 bits per heavy atom. The average Bonchev–Trinajstić information content (AvgIpc) is 3.42. The zero-order chi connectivity index (χ0) is 28.8. The fourth-order valence-electron chi connectivity index (χ4n) is 6.36. The van der Waals surface area contributed by atoms with Crippen LogP contribution < -0.4 is 5.22 Å². The Bertz CT molecular complexity index is 2130. The van der Waals surface area contributed by atoms with Gasteiger partial charge in [-0.25, -0.2) is 15.0 Å². The van der Waals surface area contributed by atoms with Crippen molar-refractivity contribution in [1.82, 2.24) is 15.0 Å². The van der Waals surface area contributed by atoms with Gasteiger partial charge in [-0.3, -0.25) is 0 Å². The molecule has 0 spiro atoms. The number of benzene rings is 4. The molecule has 0 N–H and O–H groups in total. The van der Waals surface area contributed by atoms with Crippen LogP contribution in [-0.2, 0) is 12.8 Å². The SMILES string of the molecule is C=c1c2c(/C=C\C)c(CC)sc2c2cccc3c(-c4nc(C5=CCCC=C5)nc(-c5ccccc5)n4)cc(CC)c1c32. The van der Waals surface area contributed by atoms with Gasteiger partial charge in [-0.2, -0.15) is 0 Å². The summed E-state index contributed by atoms with van der Waals surface area (Å²) in [5, 5.41) is 7.39. The molecule has 0 fully saturated rings. The van der Waals surface area contributed by atoms with Crippen molar-refractivity contribution in [3.05, 3.63) is 106 Å². The molecule has 7 rings (SSSR count). The first kappa shape index (κ1) is 26.5. The summed E-state index contributed by atoms with van der Waals surface area (Å²) in [5.74, 6) is 2.13. The van der Waals surface area contributed by atoms with Crippen molar-refractivity contribution in [3.63, 3.8) is 0 Å². The number of rotatable bonds is 6. The molecule has 4 aromatic carbocycles. The minimum absolute atomic E-state index is 0.697. The third kappa shape index (κ3) is 4.21. The Kier molecular flexibility index (Phi) is 6.79. The lowest BCUT2D eigenvalue weighted by atomic mass is 9.88. The molecule has 6 aromatic rings. The second kappa shape index (κ2) is 10.8. The minimum Gasteiger partial charge on any atom is -0.208 e. The molecule has 0 radical (unpaired) electrons. The van der Waals surface area contributed by atoms with E-state index in [0.717, 1.165) is 58.8 Å². The first-order valence-corrected chi connectivity index (χ1v) is 15.7. The van der Waals surface area contributed by atoms with Gasteiger partial charge in [-0.1, -0.05) is 99.3 Å². The van der Waals surface area contributed by atoms with Crippen LogP contribution in [0.1, 0.15) is 55.4 Å². The van der Waals surface area contributed by atoms with Crippen molar-refractivity contribution in [1.29, 1.82) is 0 Å². The van der Waals surface area contributed by atoms with E-state index in [0.29, 0.717) is 11.6 Å². The maximum absolute atomic E-state index is 5.13. The zero-order valence-corrected chi connectivity index (χ0v) is 25.2. The molecule has 2 aromatic heterocycles. The van der Waals surface area contributed by atoms with Crippen LogP contribution in [0, 0.1) is 0 Å². The third-order valence-electron chi connectivity index (χ3n) is 8.31. The van der Waals surface area contributed by atoms with Crippen LogP contribution in [0.25, 0.3) is 72.6 Å². The molecule has 0 amide bonds. The van der Waals surface area contributed by atoms with E-state index < -0.39 is 0 Å². The van der Waals surface area contributed by atoms with Crippen LogP contribution >= 0.6 is 11.3 Å². The second-order valence-electron chi connectivity index (χ2n) is 10.8. The Morgan fingerprint density at radius 1 is 0.833 bits per heavy atom. The van der Waals surface area contributed by atoms with Gasteiger partial charge in [0.05, 0.1) is 0 Å². The fraction of sp³-hybridized carbons (Fsp3) is 0.184. The molecule has 0 saturated heterocycles. The Balaban J connectivity index is 1.59. The van der Waals surface area contributed by atoms with Crippen LogP contribution in [0.3, 0.4) is 0 Å². The summed E-state index contributed by atoms with van der Waals surface area (Å²) in [4.78, 5) is 16.6. The number of aromatic nitrogens is 3. The smallest absolute Gasteiger partial charge is 0.164 e. The molecule has 0 saturated carbocycles. The van der Waals surface area contributed by atoms with Crippen molar-refractivity contribution in [2.24, 2.45) is 0 Å². The van der Waals surface area contributed by atoms with Crippen LogP contribution in [-0.4, -0.2) is 15.0 Å². The lowest BCUT2D eigenvalue weighted by Gasteiger charge is -2.17. The number of hydrogen-bond acceptors (Lipinski definition) is 4. The Labute approximate surface area is 250 Å². The number of hydrogen-bond donors (Lipinski definition) is 0. The second-order valence-corrected chi connectivity index (χ2v) is 11.9. The molecule has 4 heteroatoms. The number of aryl methyl sites for hydroxylation is 2. The summed E-state index contributed by atoms with van der Waals surface area (Å²) < 4.78 is 1.32. The molecule has 0 atom stereocenters. The van der Waals surface area contributed by atoms with Crippen molar-refractivity contribution in [2.75, 3.05) is 0 Å². The van der Waals surface area contributed by atoms with Gasteiger partial charge in [0.25, 0.3) is 0 Å². The third-order valence-corrected chi connectivity index (χ3v) is 9.69. The summed E-state index contributed by atoms with van der Waals surface area (Å²) in [5.41, 5.74) is 5.69. The maximum atomic E-state index is 5.13. The minimum atomic E-state index is 0.697. The molecule has 3 nitrogen and oxygen atoms in total. The highest BCUT2D eigenvalue weighted by molar-refractivity contribution is 7.20. The predicted octanol–water partition coefficient (Wildman–Crippen LogP) is 9.75. The molecule has 0 unspecified atom stereocenters. The first-order valence-electron chi connectivity index (χ1n) is 14.9. The highest BCUT2D eigenvalue weighted by atomic mass is 32.1. The molecular weight excluding hydrogens is 531 g/mol. The van der Waals surface area contributed by atoms with Gasteiger partial charge in [0.2, 0.25) is 0 Å².